The van der Waals surface area contributed by atoms with Crippen LogP contribution < -0.4 is 15.2 Å². The molecule has 1 aromatic carbocycles. The smallest absolute Gasteiger partial charge is 0.285 e. The number of aromatic nitrogens is 2. The number of likely N-dealkylation sites (tertiary alicyclic amines) is 1. The zero-order valence-electron chi connectivity index (χ0n) is 14.2. The Labute approximate surface area is 151 Å². The van der Waals surface area contributed by atoms with Gasteiger partial charge in [0.1, 0.15) is 16.9 Å². The Hall–Kier alpha value is -2.05. The Balaban J connectivity index is 1.55. The van der Waals surface area contributed by atoms with E-state index in [4.69, 9.17) is 16.3 Å². The highest BCUT2D eigenvalue weighted by Crippen LogP contribution is 2.36. The van der Waals surface area contributed by atoms with Gasteiger partial charge in [0.25, 0.3) is 5.56 Å². The van der Waals surface area contributed by atoms with Crippen molar-refractivity contribution in [1.29, 1.82) is 0 Å². The number of hydrogen-bond donors (Lipinski definition) is 1. The molecule has 132 valence electrons. The number of rotatable bonds is 3. The van der Waals surface area contributed by atoms with Crippen LogP contribution in [0, 0.1) is 0 Å². The SMILES string of the molecule is CN1CCC(Oc2cccc3c2CN(c2cn[nH]c(=O)c2Cl)C3)CC1. The number of ether oxygens (including phenoxy) is 1. The molecule has 25 heavy (non-hydrogen) atoms. The van der Waals surface area contributed by atoms with Crippen LogP contribution in [0.3, 0.4) is 0 Å². The fraction of sp³-hybridized carbons (Fsp3) is 0.444. The summed E-state index contributed by atoms with van der Waals surface area (Å²) in [5, 5.41) is 6.42. The fourth-order valence-electron chi connectivity index (χ4n) is 3.55. The number of nitrogens with one attached hydrogen (secondary N) is 1. The lowest BCUT2D eigenvalue weighted by Crippen LogP contribution is -2.35. The molecule has 6 nitrogen and oxygen atoms in total. The van der Waals surface area contributed by atoms with Crippen LogP contribution in [-0.2, 0) is 13.1 Å². The molecule has 1 aromatic heterocycles. The van der Waals surface area contributed by atoms with Crippen LogP contribution in [0.4, 0.5) is 5.69 Å². The van der Waals surface area contributed by atoms with Crippen LogP contribution in [0.5, 0.6) is 5.75 Å². The van der Waals surface area contributed by atoms with E-state index in [1.54, 1.807) is 6.20 Å². The van der Waals surface area contributed by atoms with E-state index in [9.17, 15) is 4.79 Å². The molecule has 1 saturated heterocycles. The molecule has 0 aliphatic carbocycles. The minimum atomic E-state index is -0.363. The van der Waals surface area contributed by atoms with Crippen molar-refractivity contribution < 1.29 is 4.74 Å². The number of anilines is 1. The van der Waals surface area contributed by atoms with Gasteiger partial charge in [-0.05, 0) is 31.5 Å². The molecular formula is C18H21ClN4O2. The summed E-state index contributed by atoms with van der Waals surface area (Å²) in [6.07, 6.45) is 3.97. The van der Waals surface area contributed by atoms with Gasteiger partial charge in [-0.3, -0.25) is 4.79 Å². The number of hydrogen-bond acceptors (Lipinski definition) is 5. The van der Waals surface area contributed by atoms with E-state index in [0.717, 1.165) is 31.7 Å². The monoisotopic (exact) mass is 360 g/mol. The lowest BCUT2D eigenvalue weighted by molar-refractivity contribution is 0.113. The molecule has 7 heteroatoms. The first-order valence-corrected chi connectivity index (χ1v) is 8.93. The third-order valence-corrected chi connectivity index (χ3v) is 5.38. The van der Waals surface area contributed by atoms with Gasteiger partial charge < -0.3 is 14.5 Å². The highest BCUT2D eigenvalue weighted by Gasteiger charge is 2.27. The number of piperidine rings is 1. The van der Waals surface area contributed by atoms with E-state index in [1.807, 2.05) is 12.1 Å². The number of fused-ring (bicyclic) bond motifs is 1. The maximum atomic E-state index is 11.7. The van der Waals surface area contributed by atoms with Crippen LogP contribution in [0.2, 0.25) is 5.02 Å². The van der Waals surface area contributed by atoms with Crippen LogP contribution in [-0.4, -0.2) is 41.3 Å². The van der Waals surface area contributed by atoms with Crippen molar-refractivity contribution in [1.82, 2.24) is 15.1 Å². The first kappa shape index (κ1) is 16.4. The van der Waals surface area contributed by atoms with Crippen molar-refractivity contribution >= 4 is 17.3 Å². The van der Waals surface area contributed by atoms with Crippen molar-refractivity contribution in [2.45, 2.75) is 32.0 Å². The molecule has 2 aromatic rings. The van der Waals surface area contributed by atoms with E-state index in [-0.39, 0.29) is 16.7 Å². The highest BCUT2D eigenvalue weighted by atomic mass is 35.5. The van der Waals surface area contributed by atoms with Gasteiger partial charge in [-0.25, -0.2) is 5.10 Å². The summed E-state index contributed by atoms with van der Waals surface area (Å²) in [6, 6.07) is 6.17. The maximum Gasteiger partial charge on any atom is 0.285 e. The van der Waals surface area contributed by atoms with Gasteiger partial charge in [-0.2, -0.15) is 5.10 Å². The molecule has 4 rings (SSSR count). The molecule has 1 N–H and O–H groups in total. The summed E-state index contributed by atoms with van der Waals surface area (Å²) in [5.41, 5.74) is 2.68. The summed E-state index contributed by atoms with van der Waals surface area (Å²) in [6.45, 7) is 3.51. The summed E-state index contributed by atoms with van der Waals surface area (Å²) >= 11 is 6.16. The van der Waals surface area contributed by atoms with E-state index < -0.39 is 0 Å². The fourth-order valence-corrected chi connectivity index (χ4v) is 3.76. The van der Waals surface area contributed by atoms with Crippen molar-refractivity contribution in [3.8, 4) is 5.75 Å². The largest absolute Gasteiger partial charge is 0.490 e. The Kier molecular flexibility index (Phi) is 4.39. The van der Waals surface area contributed by atoms with Gasteiger partial charge in [0.15, 0.2) is 0 Å². The topological polar surface area (TPSA) is 61.5 Å². The molecule has 3 heterocycles. The van der Waals surface area contributed by atoms with Crippen LogP contribution >= 0.6 is 11.6 Å². The van der Waals surface area contributed by atoms with Gasteiger partial charge in [0.05, 0.1) is 11.9 Å². The number of nitrogens with zero attached hydrogens (tertiary/aromatic N) is 3. The predicted octanol–water partition coefficient (Wildman–Crippen LogP) is 2.42. The summed E-state index contributed by atoms with van der Waals surface area (Å²) < 4.78 is 6.31. The van der Waals surface area contributed by atoms with Gasteiger partial charge in [-0.15, -0.1) is 0 Å². The number of benzene rings is 1. The van der Waals surface area contributed by atoms with E-state index >= 15 is 0 Å². The molecule has 0 saturated carbocycles. The second-order valence-electron chi connectivity index (χ2n) is 6.77. The zero-order valence-corrected chi connectivity index (χ0v) is 14.9. The molecule has 0 bridgehead atoms. The number of H-pyrrole nitrogens is 1. The number of aromatic amines is 1. The average Bonchev–Trinajstić information content (AvgIpc) is 3.04. The second kappa shape index (κ2) is 6.69. The molecule has 0 atom stereocenters. The Morgan fingerprint density at radius 1 is 1.28 bits per heavy atom. The van der Waals surface area contributed by atoms with E-state index in [2.05, 4.69) is 33.1 Å². The molecular weight excluding hydrogens is 340 g/mol. The molecule has 2 aliphatic rings. The summed E-state index contributed by atoms with van der Waals surface area (Å²) in [7, 11) is 2.15. The number of halogens is 1. The zero-order chi connectivity index (χ0) is 17.4. The Morgan fingerprint density at radius 2 is 2.08 bits per heavy atom. The summed E-state index contributed by atoms with van der Waals surface area (Å²) in [5.74, 6) is 0.948. The molecule has 0 unspecified atom stereocenters. The average molecular weight is 361 g/mol. The van der Waals surface area contributed by atoms with Crippen molar-refractivity contribution in [3.05, 3.63) is 50.9 Å². The van der Waals surface area contributed by atoms with Crippen LogP contribution in [0.25, 0.3) is 0 Å². The predicted molar refractivity (Wildman–Crippen MR) is 97.3 cm³/mol. The standard InChI is InChI=1S/C18H21ClN4O2/c1-22-7-5-13(6-8-22)25-16-4-2-3-12-10-23(11-14(12)16)15-9-20-21-18(24)17(15)19/h2-4,9,13H,5-8,10-11H2,1H3,(H,21,24). The van der Waals surface area contributed by atoms with E-state index in [0.29, 0.717) is 18.8 Å². The third-order valence-electron chi connectivity index (χ3n) is 5.02. The normalized spacial score (nSPS) is 18.4. The Morgan fingerprint density at radius 3 is 2.88 bits per heavy atom. The summed E-state index contributed by atoms with van der Waals surface area (Å²) in [4.78, 5) is 16.1. The second-order valence-corrected chi connectivity index (χ2v) is 7.15. The molecule has 0 spiro atoms. The van der Waals surface area contributed by atoms with E-state index in [1.165, 1.54) is 11.1 Å². The van der Waals surface area contributed by atoms with Gasteiger partial charge in [0.2, 0.25) is 0 Å². The quantitative estimate of drug-likeness (QED) is 0.910. The van der Waals surface area contributed by atoms with Crippen molar-refractivity contribution in [3.63, 3.8) is 0 Å². The molecule has 2 aliphatic heterocycles. The molecule has 0 radical (unpaired) electrons. The molecule has 0 amide bonds. The molecule has 1 fully saturated rings. The highest BCUT2D eigenvalue weighted by molar-refractivity contribution is 6.33. The minimum Gasteiger partial charge on any atom is -0.490 e. The lowest BCUT2D eigenvalue weighted by Gasteiger charge is -2.30. The third kappa shape index (κ3) is 3.24. The van der Waals surface area contributed by atoms with Gasteiger partial charge in [-0.1, -0.05) is 23.7 Å². The first-order valence-electron chi connectivity index (χ1n) is 8.56. The maximum absolute atomic E-state index is 11.7. The van der Waals surface area contributed by atoms with Crippen molar-refractivity contribution in [2.75, 3.05) is 25.0 Å². The van der Waals surface area contributed by atoms with Crippen molar-refractivity contribution in [2.24, 2.45) is 0 Å². The lowest BCUT2D eigenvalue weighted by atomic mass is 10.1. The minimum absolute atomic E-state index is 0.181. The van der Waals surface area contributed by atoms with Crippen LogP contribution in [0.1, 0.15) is 24.0 Å². The Bertz CT molecular complexity index is 830. The van der Waals surface area contributed by atoms with Crippen LogP contribution in [0.15, 0.2) is 29.2 Å². The van der Waals surface area contributed by atoms with Gasteiger partial charge in [0, 0.05) is 31.7 Å². The van der Waals surface area contributed by atoms with Gasteiger partial charge >= 0.3 is 0 Å². The first-order chi connectivity index (χ1) is 12.1.